The number of thiazole rings is 1. The first-order valence-electron chi connectivity index (χ1n) is 8.46. The van der Waals surface area contributed by atoms with Gasteiger partial charge in [-0.15, -0.1) is 11.3 Å². The van der Waals surface area contributed by atoms with Gasteiger partial charge >= 0.3 is 0 Å². The normalized spacial score (nSPS) is 11.0. The minimum absolute atomic E-state index is 0.0588. The van der Waals surface area contributed by atoms with Crippen molar-refractivity contribution in [2.45, 2.75) is 13.3 Å². The van der Waals surface area contributed by atoms with Crippen LogP contribution in [0.25, 0.3) is 16.2 Å². The minimum Gasteiger partial charge on any atom is -0.315 e. The number of anilines is 1. The van der Waals surface area contributed by atoms with Gasteiger partial charge in [0.05, 0.1) is 12.1 Å². The smallest absolute Gasteiger partial charge is 0.232 e. The van der Waals surface area contributed by atoms with Crippen LogP contribution in [0.1, 0.15) is 11.3 Å². The fourth-order valence-electron chi connectivity index (χ4n) is 2.89. The van der Waals surface area contributed by atoms with Crippen LogP contribution in [0.5, 0.6) is 0 Å². The van der Waals surface area contributed by atoms with Gasteiger partial charge in [-0.1, -0.05) is 48.0 Å². The van der Waals surface area contributed by atoms with E-state index in [1.54, 1.807) is 16.2 Å². The van der Waals surface area contributed by atoms with Gasteiger partial charge in [0.15, 0.2) is 4.96 Å². The Morgan fingerprint density at radius 3 is 2.58 bits per heavy atom. The van der Waals surface area contributed by atoms with Crippen LogP contribution in [0.3, 0.4) is 0 Å². The molecule has 0 radical (unpaired) electrons. The van der Waals surface area contributed by atoms with Gasteiger partial charge in [-0.25, -0.2) is 4.98 Å². The Bertz CT molecular complexity index is 1050. The van der Waals surface area contributed by atoms with Gasteiger partial charge in [0.1, 0.15) is 0 Å². The number of aromatic nitrogens is 2. The molecule has 4 nitrogen and oxygen atoms in total. The number of carbonyl (C=O) groups is 1. The molecule has 2 aromatic carbocycles. The second-order valence-corrected chi connectivity index (χ2v) is 7.17. The minimum atomic E-state index is 0.0588. The Morgan fingerprint density at radius 2 is 1.85 bits per heavy atom. The number of fused-ring (bicyclic) bond motifs is 1. The zero-order valence-corrected chi connectivity index (χ0v) is 15.5. The summed E-state index contributed by atoms with van der Waals surface area (Å²) in [4.78, 5) is 20.0. The first-order valence-corrected chi connectivity index (χ1v) is 9.34. The summed E-state index contributed by atoms with van der Waals surface area (Å²) in [5, 5.41) is 2.01. The van der Waals surface area contributed by atoms with Gasteiger partial charge in [0, 0.05) is 35.6 Å². The van der Waals surface area contributed by atoms with E-state index < -0.39 is 0 Å². The molecule has 2 aromatic heterocycles. The lowest BCUT2D eigenvalue weighted by Gasteiger charge is -2.17. The molecule has 5 heteroatoms. The molecule has 0 bridgehead atoms. The molecular formula is C21H19N3OS. The summed E-state index contributed by atoms with van der Waals surface area (Å²) in [6.45, 7) is 2.04. The van der Waals surface area contributed by atoms with Crippen LogP contribution in [0.4, 0.5) is 5.69 Å². The number of nitrogens with zero attached hydrogens (tertiary/aromatic N) is 3. The number of benzene rings is 2. The van der Waals surface area contributed by atoms with E-state index in [9.17, 15) is 4.79 Å². The standard InChI is InChI=1S/C21H19N3OS/c1-15-8-10-17(11-9-15)23(2)20(25)12-18-14-26-21-22-19(13-24(18)21)16-6-4-3-5-7-16/h3-11,13-14H,12H2,1-2H3. The molecule has 130 valence electrons. The first kappa shape index (κ1) is 16.5. The van der Waals surface area contributed by atoms with Crippen molar-refractivity contribution >= 4 is 27.9 Å². The number of imidazole rings is 1. The molecule has 0 aliphatic heterocycles. The number of carbonyl (C=O) groups excluding carboxylic acids is 1. The van der Waals surface area contributed by atoms with Crippen molar-refractivity contribution in [2.24, 2.45) is 0 Å². The van der Waals surface area contributed by atoms with Gasteiger partial charge in [-0.05, 0) is 19.1 Å². The van der Waals surface area contributed by atoms with E-state index in [2.05, 4.69) is 4.98 Å². The van der Waals surface area contributed by atoms with Crippen LogP contribution in [0, 0.1) is 6.92 Å². The first-order chi connectivity index (χ1) is 12.6. The molecule has 0 atom stereocenters. The van der Waals surface area contributed by atoms with E-state index in [-0.39, 0.29) is 5.91 Å². The lowest BCUT2D eigenvalue weighted by atomic mass is 10.2. The van der Waals surface area contributed by atoms with E-state index in [1.165, 1.54) is 5.56 Å². The Balaban J connectivity index is 1.58. The zero-order valence-electron chi connectivity index (χ0n) is 14.7. The molecule has 1 amide bonds. The number of amides is 1. The quantitative estimate of drug-likeness (QED) is 0.534. The molecule has 0 aliphatic rings. The summed E-state index contributed by atoms with van der Waals surface area (Å²) < 4.78 is 2.02. The maximum Gasteiger partial charge on any atom is 0.232 e. The largest absolute Gasteiger partial charge is 0.315 e. The number of hydrogen-bond acceptors (Lipinski definition) is 3. The molecule has 26 heavy (non-hydrogen) atoms. The molecular weight excluding hydrogens is 342 g/mol. The zero-order chi connectivity index (χ0) is 18.1. The van der Waals surface area contributed by atoms with E-state index >= 15 is 0 Å². The second kappa shape index (κ2) is 6.77. The van der Waals surface area contributed by atoms with E-state index in [1.807, 2.05) is 84.5 Å². The lowest BCUT2D eigenvalue weighted by molar-refractivity contribution is -0.117. The third-order valence-corrected chi connectivity index (χ3v) is 5.37. The number of aryl methyl sites for hydroxylation is 1. The average molecular weight is 361 g/mol. The maximum atomic E-state index is 12.7. The van der Waals surface area contributed by atoms with E-state index in [0.29, 0.717) is 6.42 Å². The molecule has 0 fully saturated rings. The Labute approximate surface area is 156 Å². The van der Waals surface area contributed by atoms with Crippen LogP contribution in [0.2, 0.25) is 0 Å². The molecule has 0 N–H and O–H groups in total. The van der Waals surface area contributed by atoms with Gasteiger partial charge in [-0.3, -0.25) is 9.20 Å². The Hall–Kier alpha value is -2.92. The van der Waals surface area contributed by atoms with Crippen LogP contribution < -0.4 is 4.90 Å². The molecule has 2 heterocycles. The van der Waals surface area contributed by atoms with E-state index in [0.717, 1.165) is 27.6 Å². The van der Waals surface area contributed by atoms with Crippen molar-refractivity contribution < 1.29 is 4.79 Å². The topological polar surface area (TPSA) is 37.6 Å². The van der Waals surface area contributed by atoms with Crippen LogP contribution in [-0.2, 0) is 11.2 Å². The second-order valence-electron chi connectivity index (χ2n) is 6.34. The highest BCUT2D eigenvalue weighted by Gasteiger charge is 2.16. The van der Waals surface area contributed by atoms with Crippen molar-refractivity contribution in [1.82, 2.24) is 9.38 Å². The van der Waals surface area contributed by atoms with Gasteiger partial charge in [0.25, 0.3) is 0 Å². The summed E-state index contributed by atoms with van der Waals surface area (Å²) in [5.74, 6) is 0.0588. The van der Waals surface area contributed by atoms with Crippen molar-refractivity contribution in [3.8, 4) is 11.3 Å². The molecule has 0 aliphatic carbocycles. The molecule has 4 rings (SSSR count). The van der Waals surface area contributed by atoms with Crippen LogP contribution >= 0.6 is 11.3 Å². The third kappa shape index (κ3) is 3.13. The third-order valence-electron chi connectivity index (χ3n) is 4.48. The number of hydrogen-bond donors (Lipinski definition) is 0. The number of likely N-dealkylation sites (N-methyl/N-ethyl adjacent to an activating group) is 1. The van der Waals surface area contributed by atoms with Gasteiger partial charge < -0.3 is 4.90 Å². The predicted molar refractivity (Wildman–Crippen MR) is 107 cm³/mol. The lowest BCUT2D eigenvalue weighted by Crippen LogP contribution is -2.28. The molecule has 0 unspecified atom stereocenters. The highest BCUT2D eigenvalue weighted by atomic mass is 32.1. The Kier molecular flexibility index (Phi) is 4.31. The molecule has 0 spiro atoms. The highest BCUT2D eigenvalue weighted by Crippen LogP contribution is 2.24. The van der Waals surface area contributed by atoms with Crippen LogP contribution in [0.15, 0.2) is 66.2 Å². The molecule has 0 saturated carbocycles. The van der Waals surface area contributed by atoms with Gasteiger partial charge in [0.2, 0.25) is 5.91 Å². The SMILES string of the molecule is Cc1ccc(N(C)C(=O)Cc2csc3nc(-c4ccccc4)cn23)cc1. The van der Waals surface area contributed by atoms with Crippen molar-refractivity contribution in [3.05, 3.63) is 77.4 Å². The van der Waals surface area contributed by atoms with Gasteiger partial charge in [-0.2, -0.15) is 0 Å². The average Bonchev–Trinajstić information content (AvgIpc) is 3.24. The molecule has 0 saturated heterocycles. The van der Waals surface area contributed by atoms with Crippen molar-refractivity contribution in [3.63, 3.8) is 0 Å². The maximum absolute atomic E-state index is 12.7. The number of rotatable bonds is 4. The summed E-state index contributed by atoms with van der Waals surface area (Å²) >= 11 is 1.56. The highest BCUT2D eigenvalue weighted by molar-refractivity contribution is 7.15. The fourth-order valence-corrected chi connectivity index (χ4v) is 3.76. The van der Waals surface area contributed by atoms with E-state index in [4.69, 9.17) is 0 Å². The van der Waals surface area contributed by atoms with Crippen molar-refractivity contribution in [2.75, 3.05) is 11.9 Å². The predicted octanol–water partition coefficient (Wildman–Crippen LogP) is 4.58. The fraction of sp³-hybridized carbons (Fsp3) is 0.143. The summed E-state index contributed by atoms with van der Waals surface area (Å²) in [7, 11) is 1.82. The van der Waals surface area contributed by atoms with Crippen LogP contribution in [-0.4, -0.2) is 22.3 Å². The van der Waals surface area contributed by atoms with Crippen molar-refractivity contribution in [1.29, 1.82) is 0 Å². The Morgan fingerprint density at radius 1 is 1.12 bits per heavy atom. The summed E-state index contributed by atoms with van der Waals surface area (Å²) in [6, 6.07) is 18.1. The molecule has 4 aromatic rings. The monoisotopic (exact) mass is 361 g/mol. The summed E-state index contributed by atoms with van der Waals surface area (Å²) in [6.07, 6.45) is 2.35. The summed E-state index contributed by atoms with van der Waals surface area (Å²) in [5.41, 5.74) is 5.06.